The molecule has 0 saturated carbocycles. The van der Waals surface area contributed by atoms with E-state index >= 15 is 0 Å². The number of carbonyl (C=O) groups excluding carboxylic acids is 3. The first-order valence-electron chi connectivity index (χ1n) is 10.0. The zero-order valence-electron chi connectivity index (χ0n) is 18.0. The first-order valence-corrected chi connectivity index (χ1v) is 10.0. The van der Waals surface area contributed by atoms with E-state index in [2.05, 4.69) is 5.32 Å². The lowest BCUT2D eigenvalue weighted by Gasteiger charge is -2.24. The number of unbranched alkanes of at least 4 members (excludes halogenated alkanes) is 1. The maximum atomic E-state index is 12.5. The van der Waals surface area contributed by atoms with Crippen LogP contribution in [0.3, 0.4) is 0 Å². The summed E-state index contributed by atoms with van der Waals surface area (Å²) in [5.74, 6) is -7.82. The minimum absolute atomic E-state index is 0.000933. The van der Waals surface area contributed by atoms with Crippen LogP contribution >= 0.6 is 0 Å². The molecule has 0 aromatic heterocycles. The summed E-state index contributed by atoms with van der Waals surface area (Å²) in [5.41, 5.74) is 10.8. The van der Waals surface area contributed by atoms with Gasteiger partial charge in [0.15, 0.2) is 0 Å². The lowest BCUT2D eigenvalue weighted by molar-refractivity contribution is -0.145. The van der Waals surface area contributed by atoms with Gasteiger partial charge in [-0.2, -0.15) is 0 Å². The first kappa shape index (κ1) is 29.7. The number of hydrogen-bond acceptors (Lipinski definition) is 9. The van der Waals surface area contributed by atoms with E-state index in [0.29, 0.717) is 19.4 Å². The molecular weight excluding hydrogens is 446 g/mol. The van der Waals surface area contributed by atoms with Gasteiger partial charge in [-0.1, -0.05) is 0 Å². The van der Waals surface area contributed by atoms with Crippen LogP contribution in [0.2, 0.25) is 0 Å². The third-order valence-corrected chi connectivity index (χ3v) is 4.41. The van der Waals surface area contributed by atoms with E-state index in [4.69, 9.17) is 21.7 Å². The largest absolute Gasteiger partial charge is 0.481 e. The van der Waals surface area contributed by atoms with E-state index in [-0.39, 0.29) is 6.42 Å². The minimum atomic E-state index is -1.77. The molecule has 0 saturated heterocycles. The second-order valence-corrected chi connectivity index (χ2v) is 7.27. The molecule has 0 spiro atoms. The molecule has 5 unspecified atom stereocenters. The van der Waals surface area contributed by atoms with Gasteiger partial charge in [-0.05, 0) is 32.7 Å². The Bertz CT molecular complexity index is 729. The number of rotatable bonds is 16. The van der Waals surface area contributed by atoms with Crippen LogP contribution in [0.15, 0.2) is 0 Å². The molecule has 3 amide bonds. The van der Waals surface area contributed by atoms with Crippen molar-refractivity contribution in [1.29, 1.82) is 0 Å². The average molecular weight is 477 g/mol. The monoisotopic (exact) mass is 477 g/mol. The normalized spacial score (nSPS) is 15.3. The van der Waals surface area contributed by atoms with Crippen LogP contribution in [-0.2, 0) is 28.8 Å². The van der Waals surface area contributed by atoms with Gasteiger partial charge in [0.1, 0.15) is 24.2 Å². The number of carboxylic acids is 3. The molecule has 0 aromatic rings. The molecule has 0 aliphatic rings. The Morgan fingerprint density at radius 3 is 1.55 bits per heavy atom. The number of amides is 3. The molecule has 0 rings (SSSR count). The molecule has 0 radical (unpaired) electrons. The number of aliphatic hydroxyl groups is 1. The fourth-order valence-electron chi connectivity index (χ4n) is 2.55. The van der Waals surface area contributed by atoms with E-state index < -0.39 is 78.7 Å². The van der Waals surface area contributed by atoms with Gasteiger partial charge >= 0.3 is 17.9 Å². The van der Waals surface area contributed by atoms with Crippen molar-refractivity contribution in [1.82, 2.24) is 16.0 Å². The minimum Gasteiger partial charge on any atom is -0.481 e. The molecule has 15 nitrogen and oxygen atoms in total. The molecule has 5 atom stereocenters. The summed E-state index contributed by atoms with van der Waals surface area (Å²) >= 11 is 0. The summed E-state index contributed by atoms with van der Waals surface area (Å²) in [6.45, 7) is 1.49. The first-order chi connectivity index (χ1) is 15.3. The highest BCUT2D eigenvalue weighted by atomic mass is 16.4. The Kier molecular flexibility index (Phi) is 13.2. The Morgan fingerprint density at radius 2 is 1.18 bits per heavy atom. The molecule has 33 heavy (non-hydrogen) atoms. The number of nitrogens with one attached hydrogen (secondary N) is 3. The van der Waals surface area contributed by atoms with Crippen LogP contribution in [0, 0.1) is 0 Å². The Morgan fingerprint density at radius 1 is 0.758 bits per heavy atom. The van der Waals surface area contributed by atoms with E-state index in [0.717, 1.165) is 0 Å². The maximum absolute atomic E-state index is 12.5. The lowest BCUT2D eigenvalue weighted by Crippen LogP contribution is -2.58. The highest BCUT2D eigenvalue weighted by Crippen LogP contribution is 2.04. The van der Waals surface area contributed by atoms with Crippen molar-refractivity contribution in [2.45, 2.75) is 69.3 Å². The van der Waals surface area contributed by atoms with Crippen molar-refractivity contribution >= 4 is 35.6 Å². The van der Waals surface area contributed by atoms with Gasteiger partial charge < -0.3 is 47.8 Å². The predicted molar refractivity (Wildman–Crippen MR) is 110 cm³/mol. The summed E-state index contributed by atoms with van der Waals surface area (Å²) in [7, 11) is 0. The van der Waals surface area contributed by atoms with E-state index in [1.165, 1.54) is 6.92 Å². The third kappa shape index (κ3) is 11.8. The quantitative estimate of drug-likeness (QED) is 0.0972. The summed E-state index contributed by atoms with van der Waals surface area (Å²) in [6.07, 6.45) is -2.37. The zero-order valence-corrected chi connectivity index (χ0v) is 18.0. The van der Waals surface area contributed by atoms with Gasteiger partial charge in [-0.15, -0.1) is 0 Å². The Balaban J connectivity index is 5.50. The molecule has 0 aliphatic heterocycles. The summed E-state index contributed by atoms with van der Waals surface area (Å²) in [4.78, 5) is 70.6. The fourth-order valence-corrected chi connectivity index (χ4v) is 2.55. The van der Waals surface area contributed by atoms with Crippen LogP contribution in [0.5, 0.6) is 0 Å². The average Bonchev–Trinajstić information content (AvgIpc) is 2.70. The number of carboxylic acid groups (broad SMARTS) is 3. The second-order valence-electron chi connectivity index (χ2n) is 7.27. The standard InChI is InChI=1S/C18H31N5O10/c1-8(24)14(20)17(31)23-11(7-13(27)28)16(30)22-10(6-12(25)26)15(29)21-9(18(32)33)4-2-3-5-19/h8-11,14,24H,2-7,19-20H2,1H3,(H,21,29)(H,22,30)(H,23,31)(H,25,26)(H,27,28)(H,32,33). The number of carbonyl (C=O) groups is 6. The van der Waals surface area contributed by atoms with Crippen molar-refractivity contribution in [2.24, 2.45) is 11.5 Å². The number of nitrogens with two attached hydrogens (primary N) is 2. The van der Waals surface area contributed by atoms with Crippen molar-refractivity contribution in [2.75, 3.05) is 6.54 Å². The fraction of sp³-hybridized carbons (Fsp3) is 0.667. The van der Waals surface area contributed by atoms with Gasteiger partial charge in [-0.25, -0.2) is 4.79 Å². The van der Waals surface area contributed by atoms with E-state index in [1.54, 1.807) is 0 Å². The molecule has 15 heteroatoms. The molecule has 11 N–H and O–H groups in total. The molecule has 0 aromatic carbocycles. The highest BCUT2D eigenvalue weighted by Gasteiger charge is 2.33. The van der Waals surface area contributed by atoms with E-state index in [9.17, 15) is 39.0 Å². The van der Waals surface area contributed by atoms with Gasteiger partial charge in [0.2, 0.25) is 17.7 Å². The van der Waals surface area contributed by atoms with Gasteiger partial charge in [0, 0.05) is 0 Å². The number of aliphatic hydroxyl groups excluding tert-OH is 1. The van der Waals surface area contributed by atoms with Gasteiger partial charge in [0.25, 0.3) is 0 Å². The molecule has 0 fully saturated rings. The van der Waals surface area contributed by atoms with Crippen LogP contribution in [-0.4, -0.2) is 92.9 Å². The van der Waals surface area contributed by atoms with Crippen LogP contribution < -0.4 is 27.4 Å². The predicted octanol–water partition coefficient (Wildman–Crippen LogP) is -3.69. The lowest BCUT2D eigenvalue weighted by atomic mass is 10.1. The summed E-state index contributed by atoms with van der Waals surface area (Å²) < 4.78 is 0. The van der Waals surface area contributed by atoms with Gasteiger partial charge in [0.05, 0.1) is 18.9 Å². The third-order valence-electron chi connectivity index (χ3n) is 4.41. The van der Waals surface area contributed by atoms with Crippen molar-refractivity contribution in [3.8, 4) is 0 Å². The second kappa shape index (κ2) is 14.7. The van der Waals surface area contributed by atoms with E-state index in [1.807, 2.05) is 10.6 Å². The van der Waals surface area contributed by atoms with Crippen molar-refractivity contribution in [3.63, 3.8) is 0 Å². The summed E-state index contributed by atoms with van der Waals surface area (Å²) in [5, 5.41) is 42.8. The Hall–Kier alpha value is -3.30. The SMILES string of the molecule is CC(O)C(N)C(=O)NC(CC(=O)O)C(=O)NC(CC(=O)O)C(=O)NC(CCCCN)C(=O)O. The molecule has 188 valence electrons. The van der Waals surface area contributed by atoms with Crippen LogP contribution in [0.4, 0.5) is 0 Å². The van der Waals surface area contributed by atoms with Crippen molar-refractivity contribution in [3.05, 3.63) is 0 Å². The van der Waals surface area contributed by atoms with Crippen molar-refractivity contribution < 1.29 is 49.2 Å². The van der Waals surface area contributed by atoms with Gasteiger partial charge in [-0.3, -0.25) is 24.0 Å². The smallest absolute Gasteiger partial charge is 0.326 e. The highest BCUT2D eigenvalue weighted by molar-refractivity contribution is 5.96. The molecule has 0 bridgehead atoms. The topological polar surface area (TPSA) is 271 Å². The number of hydrogen-bond donors (Lipinski definition) is 9. The molecule has 0 aliphatic carbocycles. The Labute approximate surface area is 188 Å². The van der Waals surface area contributed by atoms with Crippen LogP contribution in [0.1, 0.15) is 39.0 Å². The van der Waals surface area contributed by atoms with Crippen LogP contribution in [0.25, 0.3) is 0 Å². The summed E-state index contributed by atoms with van der Waals surface area (Å²) in [6, 6.07) is -6.40. The molecule has 0 heterocycles. The number of aliphatic carboxylic acids is 3. The molecular formula is C18H31N5O10. The maximum Gasteiger partial charge on any atom is 0.326 e. The zero-order chi connectivity index (χ0) is 25.7.